The van der Waals surface area contributed by atoms with Crippen LogP contribution in [0, 0.1) is 6.92 Å². The van der Waals surface area contributed by atoms with Gasteiger partial charge in [-0.3, -0.25) is 0 Å². The van der Waals surface area contributed by atoms with E-state index in [1.807, 2.05) is 17.4 Å². The molecule has 0 saturated carbocycles. The molecule has 5 aromatic carbocycles. The van der Waals surface area contributed by atoms with Crippen LogP contribution in [0.4, 0.5) is 0 Å². The number of nitrogens with zero attached hydrogens (tertiary/aromatic N) is 2. The van der Waals surface area contributed by atoms with Crippen molar-refractivity contribution in [1.82, 2.24) is 9.13 Å². The van der Waals surface area contributed by atoms with Crippen molar-refractivity contribution in [2.24, 2.45) is 0 Å². The topological polar surface area (TPSA) is 9.86 Å². The largest absolute Gasteiger partial charge is 0.312 e. The third-order valence-corrected chi connectivity index (χ3v) is 9.33. The standard InChI is InChI=1S/C37H26N2S/c1-3-25(39-33-19-9-4-13-26(33)27-14-5-10-20-34(27)39)23-31-24(2)38(32-18-8-6-15-28(31)32)35-21-12-17-30-29-16-7-11-22-36(29)40-37(30)35/h3-23H,1H2,2H3/b25-23+. The Morgan fingerprint density at radius 2 is 1.20 bits per heavy atom. The first-order valence-corrected chi connectivity index (χ1v) is 14.4. The summed E-state index contributed by atoms with van der Waals surface area (Å²) < 4.78 is 7.41. The first-order chi connectivity index (χ1) is 19.7. The normalized spacial score (nSPS) is 12.4. The fraction of sp³-hybridized carbons (Fsp3) is 0.0270. The van der Waals surface area contributed by atoms with E-state index in [4.69, 9.17) is 0 Å². The molecule has 3 heterocycles. The minimum absolute atomic E-state index is 1.06. The Labute approximate surface area is 236 Å². The van der Waals surface area contributed by atoms with Crippen molar-refractivity contribution < 1.29 is 0 Å². The second-order valence-electron chi connectivity index (χ2n) is 10.2. The summed E-state index contributed by atoms with van der Waals surface area (Å²) in [5.41, 5.74) is 8.30. The molecule has 8 rings (SSSR count). The molecular formula is C37H26N2S. The molecule has 0 spiro atoms. The molecule has 0 unspecified atom stereocenters. The highest BCUT2D eigenvalue weighted by molar-refractivity contribution is 7.26. The highest BCUT2D eigenvalue weighted by Gasteiger charge is 2.19. The third kappa shape index (κ3) is 3.22. The summed E-state index contributed by atoms with van der Waals surface area (Å²) in [5, 5.41) is 6.37. The van der Waals surface area contributed by atoms with Crippen LogP contribution in [0.3, 0.4) is 0 Å². The second-order valence-corrected chi connectivity index (χ2v) is 11.3. The molecule has 0 bridgehead atoms. The predicted molar refractivity (Wildman–Crippen MR) is 175 cm³/mol. The van der Waals surface area contributed by atoms with Gasteiger partial charge in [-0.25, -0.2) is 0 Å². The van der Waals surface area contributed by atoms with Crippen molar-refractivity contribution in [3.05, 3.63) is 139 Å². The lowest BCUT2D eigenvalue weighted by atomic mass is 10.1. The molecule has 0 fully saturated rings. The van der Waals surface area contributed by atoms with Gasteiger partial charge in [0.2, 0.25) is 0 Å². The minimum atomic E-state index is 1.06. The number of rotatable bonds is 4. The van der Waals surface area contributed by atoms with Crippen LogP contribution in [0.2, 0.25) is 0 Å². The number of hydrogen-bond acceptors (Lipinski definition) is 1. The molecule has 0 aliphatic rings. The quantitative estimate of drug-likeness (QED) is 0.200. The van der Waals surface area contributed by atoms with E-state index in [0.29, 0.717) is 0 Å². The van der Waals surface area contributed by atoms with Crippen LogP contribution in [-0.4, -0.2) is 9.13 Å². The first kappa shape index (κ1) is 23.1. The van der Waals surface area contributed by atoms with Crippen LogP contribution < -0.4 is 0 Å². The molecule has 0 N–H and O–H groups in total. The summed E-state index contributed by atoms with van der Waals surface area (Å²) in [6.07, 6.45) is 4.29. The molecule has 2 nitrogen and oxygen atoms in total. The van der Waals surface area contributed by atoms with Gasteiger partial charge >= 0.3 is 0 Å². The Morgan fingerprint density at radius 1 is 0.625 bits per heavy atom. The van der Waals surface area contributed by atoms with Crippen molar-refractivity contribution in [3.8, 4) is 5.69 Å². The van der Waals surface area contributed by atoms with Gasteiger partial charge in [-0.2, -0.15) is 0 Å². The Hall–Kier alpha value is -4.86. The average molecular weight is 531 g/mol. The van der Waals surface area contributed by atoms with Gasteiger partial charge in [0.05, 0.1) is 26.9 Å². The van der Waals surface area contributed by atoms with E-state index in [2.05, 4.69) is 144 Å². The fourth-order valence-electron chi connectivity index (χ4n) is 6.36. The number of fused-ring (bicyclic) bond motifs is 7. The van der Waals surface area contributed by atoms with Crippen molar-refractivity contribution in [3.63, 3.8) is 0 Å². The van der Waals surface area contributed by atoms with E-state index < -0.39 is 0 Å². The molecular weight excluding hydrogens is 504 g/mol. The minimum Gasteiger partial charge on any atom is -0.312 e. The van der Waals surface area contributed by atoms with Crippen molar-refractivity contribution in [1.29, 1.82) is 0 Å². The number of aromatic nitrogens is 2. The van der Waals surface area contributed by atoms with E-state index in [0.717, 1.165) is 5.70 Å². The molecule has 0 radical (unpaired) electrons. The summed E-state index contributed by atoms with van der Waals surface area (Å²) in [4.78, 5) is 0. The molecule has 3 aromatic heterocycles. The monoisotopic (exact) mass is 530 g/mol. The van der Waals surface area contributed by atoms with Crippen LogP contribution in [0.25, 0.3) is 70.3 Å². The Kier molecular flexibility index (Phi) is 5.10. The zero-order valence-electron chi connectivity index (χ0n) is 22.1. The summed E-state index contributed by atoms with van der Waals surface area (Å²) in [6.45, 7) is 6.51. The van der Waals surface area contributed by atoms with Crippen LogP contribution >= 0.6 is 11.3 Å². The smallest absolute Gasteiger partial charge is 0.0637 e. The zero-order valence-corrected chi connectivity index (χ0v) is 23.0. The lowest BCUT2D eigenvalue weighted by Gasteiger charge is -2.11. The van der Waals surface area contributed by atoms with E-state index in [-0.39, 0.29) is 0 Å². The maximum atomic E-state index is 4.27. The number of thiophene rings is 1. The highest BCUT2D eigenvalue weighted by atomic mass is 32.1. The lowest BCUT2D eigenvalue weighted by molar-refractivity contribution is 1.06. The lowest BCUT2D eigenvalue weighted by Crippen LogP contribution is -1.98. The average Bonchev–Trinajstić information content (AvgIpc) is 3.64. The van der Waals surface area contributed by atoms with E-state index in [1.54, 1.807) is 0 Å². The molecule has 0 atom stereocenters. The molecule has 40 heavy (non-hydrogen) atoms. The highest BCUT2D eigenvalue weighted by Crippen LogP contribution is 2.41. The summed E-state index contributed by atoms with van der Waals surface area (Å²) in [7, 11) is 0. The fourth-order valence-corrected chi connectivity index (χ4v) is 7.56. The van der Waals surface area contributed by atoms with Crippen molar-refractivity contribution >= 4 is 76.0 Å². The van der Waals surface area contributed by atoms with Gasteiger partial charge in [0, 0.05) is 48.6 Å². The number of para-hydroxylation sites is 3. The first-order valence-electron chi connectivity index (χ1n) is 13.6. The predicted octanol–water partition coefficient (Wildman–Crippen LogP) is 10.6. The maximum Gasteiger partial charge on any atom is 0.0637 e. The number of benzene rings is 5. The zero-order chi connectivity index (χ0) is 26.8. The molecule has 0 aliphatic carbocycles. The Morgan fingerprint density at radius 3 is 1.90 bits per heavy atom. The third-order valence-electron chi connectivity index (χ3n) is 8.12. The van der Waals surface area contributed by atoms with Crippen molar-refractivity contribution in [2.75, 3.05) is 0 Å². The SMILES string of the molecule is C=C/C(=C\c1c(C)n(-c2cccc3c2sc2ccccc23)c2ccccc12)n1c2ccccc2c2ccccc21. The summed E-state index contributed by atoms with van der Waals surface area (Å²) in [6, 6.07) is 41.4. The van der Waals surface area contributed by atoms with E-state index in [9.17, 15) is 0 Å². The van der Waals surface area contributed by atoms with E-state index in [1.165, 1.54) is 69.8 Å². The maximum absolute atomic E-state index is 4.27. The molecule has 0 aliphatic heterocycles. The van der Waals surface area contributed by atoms with Gasteiger partial charge in [-0.05, 0) is 49.4 Å². The van der Waals surface area contributed by atoms with Crippen LogP contribution in [0.15, 0.2) is 128 Å². The van der Waals surface area contributed by atoms with Gasteiger partial charge in [-0.15, -0.1) is 11.3 Å². The van der Waals surface area contributed by atoms with Crippen LogP contribution in [0.1, 0.15) is 11.3 Å². The van der Waals surface area contributed by atoms with E-state index >= 15 is 0 Å². The molecule has 190 valence electrons. The molecule has 8 aromatic rings. The van der Waals surface area contributed by atoms with Gasteiger partial charge < -0.3 is 9.13 Å². The number of allylic oxidation sites excluding steroid dienone is 2. The molecule has 0 amide bonds. The van der Waals surface area contributed by atoms with Gasteiger partial charge in [0.15, 0.2) is 0 Å². The van der Waals surface area contributed by atoms with Crippen LogP contribution in [-0.2, 0) is 0 Å². The summed E-state index contributed by atoms with van der Waals surface area (Å²) >= 11 is 1.87. The number of hydrogen-bond donors (Lipinski definition) is 0. The molecule has 0 saturated heterocycles. The van der Waals surface area contributed by atoms with Gasteiger partial charge in [-0.1, -0.05) is 91.5 Å². The Balaban J connectivity index is 1.43. The molecule has 3 heteroatoms. The second kappa shape index (κ2) is 8.84. The van der Waals surface area contributed by atoms with Gasteiger partial charge in [0.1, 0.15) is 0 Å². The van der Waals surface area contributed by atoms with Gasteiger partial charge in [0.25, 0.3) is 0 Å². The van der Waals surface area contributed by atoms with Crippen LogP contribution in [0.5, 0.6) is 0 Å². The van der Waals surface area contributed by atoms with Crippen molar-refractivity contribution in [2.45, 2.75) is 6.92 Å². The summed E-state index contributed by atoms with van der Waals surface area (Å²) in [5.74, 6) is 0. The Bertz CT molecular complexity index is 2250.